The third kappa shape index (κ3) is 6.03. The molecule has 19 heavy (non-hydrogen) atoms. The van der Waals surface area contributed by atoms with E-state index >= 15 is 0 Å². The molecule has 0 fully saturated rings. The molecule has 1 aromatic rings. The predicted octanol–water partition coefficient (Wildman–Crippen LogP) is 1.95. The lowest BCUT2D eigenvalue weighted by Gasteiger charge is -2.08. The number of amides is 1. The van der Waals surface area contributed by atoms with Gasteiger partial charge in [-0.3, -0.25) is 4.79 Å². The SMILES string of the molecule is CC(C)CCNC(=O)CNS(=O)(=O)c1ccc(Br)s1. The van der Waals surface area contributed by atoms with Gasteiger partial charge in [-0.2, -0.15) is 0 Å². The van der Waals surface area contributed by atoms with Gasteiger partial charge in [0.25, 0.3) is 10.0 Å². The summed E-state index contributed by atoms with van der Waals surface area (Å²) >= 11 is 4.30. The van der Waals surface area contributed by atoms with E-state index in [4.69, 9.17) is 0 Å². The summed E-state index contributed by atoms with van der Waals surface area (Å²) in [6, 6.07) is 3.15. The van der Waals surface area contributed by atoms with Gasteiger partial charge in [0.1, 0.15) is 4.21 Å². The van der Waals surface area contributed by atoms with Crippen molar-refractivity contribution in [1.82, 2.24) is 10.0 Å². The molecule has 0 atom stereocenters. The minimum absolute atomic E-state index is 0.189. The van der Waals surface area contributed by atoms with Gasteiger partial charge < -0.3 is 5.32 Å². The molecule has 108 valence electrons. The average Bonchev–Trinajstić information content (AvgIpc) is 2.74. The second-order valence-corrected chi connectivity index (χ2v) is 8.87. The van der Waals surface area contributed by atoms with Crippen LogP contribution in [0.3, 0.4) is 0 Å². The van der Waals surface area contributed by atoms with E-state index in [1.165, 1.54) is 6.07 Å². The summed E-state index contributed by atoms with van der Waals surface area (Å²) in [6.07, 6.45) is 0.871. The number of rotatable bonds is 7. The Hall–Kier alpha value is -0.440. The molecular weight excluding hydrogens is 352 g/mol. The van der Waals surface area contributed by atoms with Crippen molar-refractivity contribution in [3.63, 3.8) is 0 Å². The van der Waals surface area contributed by atoms with Crippen LogP contribution in [0.1, 0.15) is 20.3 Å². The smallest absolute Gasteiger partial charge is 0.250 e. The van der Waals surface area contributed by atoms with Gasteiger partial charge in [0.2, 0.25) is 5.91 Å². The molecule has 1 amide bonds. The maximum Gasteiger partial charge on any atom is 0.250 e. The van der Waals surface area contributed by atoms with Crippen LogP contribution in [0.4, 0.5) is 0 Å². The number of hydrogen-bond donors (Lipinski definition) is 2. The van der Waals surface area contributed by atoms with Gasteiger partial charge in [0, 0.05) is 6.54 Å². The van der Waals surface area contributed by atoms with Crippen molar-refractivity contribution in [3.05, 3.63) is 15.9 Å². The molecule has 0 bridgehead atoms. The summed E-state index contributed by atoms with van der Waals surface area (Å²) in [5.41, 5.74) is 0. The van der Waals surface area contributed by atoms with Gasteiger partial charge in [0.15, 0.2) is 0 Å². The Morgan fingerprint density at radius 3 is 2.63 bits per heavy atom. The van der Waals surface area contributed by atoms with E-state index in [1.807, 2.05) is 0 Å². The third-order valence-corrected chi connectivity index (χ3v) is 5.80. The monoisotopic (exact) mass is 368 g/mol. The lowest BCUT2D eigenvalue weighted by atomic mass is 10.1. The summed E-state index contributed by atoms with van der Waals surface area (Å²) in [5.74, 6) is 0.181. The molecule has 1 heterocycles. The van der Waals surface area contributed by atoms with E-state index in [0.717, 1.165) is 21.5 Å². The molecule has 0 saturated carbocycles. The van der Waals surface area contributed by atoms with Gasteiger partial charge in [0.05, 0.1) is 10.3 Å². The molecule has 1 aromatic heterocycles. The van der Waals surface area contributed by atoms with Crippen LogP contribution in [0.25, 0.3) is 0 Å². The lowest BCUT2D eigenvalue weighted by molar-refractivity contribution is -0.119. The fraction of sp³-hybridized carbons (Fsp3) is 0.545. The van der Waals surface area contributed by atoms with Crippen molar-refractivity contribution in [1.29, 1.82) is 0 Å². The van der Waals surface area contributed by atoms with Gasteiger partial charge in [-0.15, -0.1) is 11.3 Å². The zero-order chi connectivity index (χ0) is 14.5. The van der Waals surface area contributed by atoms with Crippen LogP contribution in [0.2, 0.25) is 0 Å². The summed E-state index contributed by atoms with van der Waals surface area (Å²) in [6.45, 7) is 4.44. The van der Waals surface area contributed by atoms with Crippen LogP contribution in [0.5, 0.6) is 0 Å². The first-order valence-corrected chi connectivity index (χ1v) is 8.92. The molecule has 1 rings (SSSR count). The van der Waals surface area contributed by atoms with Crippen molar-refractivity contribution in [2.45, 2.75) is 24.5 Å². The standard InChI is InChI=1S/C11H17BrN2O3S2/c1-8(2)5-6-13-10(15)7-14-19(16,17)11-4-3-9(12)18-11/h3-4,8,14H,5-7H2,1-2H3,(H,13,15). The Labute approximate surface area is 126 Å². The van der Waals surface area contributed by atoms with E-state index in [2.05, 4.69) is 39.8 Å². The van der Waals surface area contributed by atoms with E-state index in [-0.39, 0.29) is 16.7 Å². The molecule has 0 saturated heterocycles. The molecule has 0 aliphatic carbocycles. The van der Waals surface area contributed by atoms with Crippen LogP contribution in [0.15, 0.2) is 20.1 Å². The number of carbonyl (C=O) groups excluding carboxylic acids is 1. The van der Waals surface area contributed by atoms with E-state index in [9.17, 15) is 13.2 Å². The van der Waals surface area contributed by atoms with E-state index in [0.29, 0.717) is 12.5 Å². The lowest BCUT2D eigenvalue weighted by Crippen LogP contribution is -2.37. The van der Waals surface area contributed by atoms with Crippen molar-refractivity contribution < 1.29 is 13.2 Å². The Morgan fingerprint density at radius 1 is 1.42 bits per heavy atom. The second kappa shape index (κ2) is 7.37. The average molecular weight is 369 g/mol. The van der Waals surface area contributed by atoms with Crippen molar-refractivity contribution in [3.8, 4) is 0 Å². The zero-order valence-electron chi connectivity index (χ0n) is 10.8. The first kappa shape index (κ1) is 16.6. The molecule has 0 aliphatic heterocycles. The van der Waals surface area contributed by atoms with Gasteiger partial charge >= 0.3 is 0 Å². The number of sulfonamides is 1. The topological polar surface area (TPSA) is 75.3 Å². The largest absolute Gasteiger partial charge is 0.355 e. The molecule has 0 radical (unpaired) electrons. The fourth-order valence-electron chi connectivity index (χ4n) is 1.24. The highest BCUT2D eigenvalue weighted by Crippen LogP contribution is 2.25. The van der Waals surface area contributed by atoms with Gasteiger partial charge in [-0.1, -0.05) is 13.8 Å². The molecule has 8 heteroatoms. The minimum Gasteiger partial charge on any atom is -0.355 e. The maximum atomic E-state index is 11.8. The third-order valence-electron chi connectivity index (χ3n) is 2.28. The van der Waals surface area contributed by atoms with Crippen LogP contribution in [-0.2, 0) is 14.8 Å². The Bertz CT molecular complexity index is 526. The molecule has 0 spiro atoms. The van der Waals surface area contributed by atoms with Crippen LogP contribution in [-0.4, -0.2) is 27.4 Å². The second-order valence-electron chi connectivity index (χ2n) is 4.42. The predicted molar refractivity (Wildman–Crippen MR) is 79.7 cm³/mol. The summed E-state index contributed by atoms with van der Waals surface area (Å²) in [5, 5.41) is 2.67. The number of nitrogens with one attached hydrogen (secondary N) is 2. The van der Waals surface area contributed by atoms with Crippen molar-refractivity contribution in [2.75, 3.05) is 13.1 Å². The normalized spacial score (nSPS) is 11.8. The fourth-order valence-corrected chi connectivity index (χ4v) is 4.27. The zero-order valence-corrected chi connectivity index (χ0v) is 14.0. The molecular formula is C11H17BrN2O3S2. The Kier molecular flexibility index (Phi) is 6.45. The molecule has 0 aromatic carbocycles. The number of thiophene rings is 1. The first-order chi connectivity index (χ1) is 8.81. The molecule has 0 unspecified atom stereocenters. The summed E-state index contributed by atoms with van der Waals surface area (Å²) < 4.78 is 26.9. The Morgan fingerprint density at radius 2 is 2.11 bits per heavy atom. The summed E-state index contributed by atoms with van der Waals surface area (Å²) in [7, 11) is -3.60. The highest BCUT2D eigenvalue weighted by Gasteiger charge is 2.17. The van der Waals surface area contributed by atoms with Crippen molar-refractivity contribution >= 4 is 43.2 Å². The van der Waals surface area contributed by atoms with Crippen LogP contribution >= 0.6 is 27.3 Å². The van der Waals surface area contributed by atoms with E-state index < -0.39 is 10.0 Å². The Balaban J connectivity index is 2.41. The van der Waals surface area contributed by atoms with E-state index in [1.54, 1.807) is 6.07 Å². The molecule has 5 nitrogen and oxygen atoms in total. The van der Waals surface area contributed by atoms with Crippen LogP contribution in [0, 0.1) is 5.92 Å². The van der Waals surface area contributed by atoms with Gasteiger partial charge in [-0.05, 0) is 40.4 Å². The van der Waals surface area contributed by atoms with Gasteiger partial charge in [-0.25, -0.2) is 13.1 Å². The number of carbonyl (C=O) groups is 1. The van der Waals surface area contributed by atoms with Crippen molar-refractivity contribution in [2.24, 2.45) is 5.92 Å². The highest BCUT2D eigenvalue weighted by molar-refractivity contribution is 9.11. The maximum absolute atomic E-state index is 11.8. The molecule has 2 N–H and O–H groups in total. The highest BCUT2D eigenvalue weighted by atomic mass is 79.9. The van der Waals surface area contributed by atoms with Crippen LogP contribution < -0.4 is 10.0 Å². The number of halogens is 1. The number of hydrogen-bond acceptors (Lipinski definition) is 4. The summed E-state index contributed by atoms with van der Waals surface area (Å²) in [4.78, 5) is 11.5. The minimum atomic E-state index is -3.60. The quantitative estimate of drug-likeness (QED) is 0.772. The molecule has 0 aliphatic rings. The first-order valence-electron chi connectivity index (χ1n) is 5.83.